The molecule has 0 aliphatic carbocycles. The second-order valence-corrected chi connectivity index (χ2v) is 5.80. The number of aromatic nitrogens is 1. The summed E-state index contributed by atoms with van der Waals surface area (Å²) in [5, 5.41) is 6.26. The molecule has 2 aromatic heterocycles. The van der Waals surface area contributed by atoms with Gasteiger partial charge in [0.25, 0.3) is 0 Å². The molecule has 0 saturated heterocycles. The summed E-state index contributed by atoms with van der Waals surface area (Å²) in [7, 11) is 0. The van der Waals surface area contributed by atoms with Crippen LogP contribution in [0.15, 0.2) is 22.2 Å². The molecule has 7 heteroatoms. The first-order valence-corrected chi connectivity index (χ1v) is 7.73. The molecule has 5 nitrogen and oxygen atoms in total. The average molecular weight is 311 g/mol. The van der Waals surface area contributed by atoms with E-state index in [9.17, 15) is 9.59 Å². The SMILES string of the molecule is CC(C)OC(=O)COC(=O)c1csc(-c2ccsc2)n1. The highest BCUT2D eigenvalue weighted by atomic mass is 32.1. The van der Waals surface area contributed by atoms with E-state index in [0.29, 0.717) is 0 Å². The van der Waals surface area contributed by atoms with Crippen molar-refractivity contribution in [3.63, 3.8) is 0 Å². The van der Waals surface area contributed by atoms with E-state index in [1.54, 1.807) is 30.6 Å². The molecule has 2 rings (SSSR count). The highest BCUT2D eigenvalue weighted by Gasteiger charge is 2.16. The summed E-state index contributed by atoms with van der Waals surface area (Å²) in [5.74, 6) is -1.19. The topological polar surface area (TPSA) is 65.5 Å². The van der Waals surface area contributed by atoms with Crippen molar-refractivity contribution < 1.29 is 19.1 Å². The van der Waals surface area contributed by atoms with Gasteiger partial charge in [0.15, 0.2) is 12.3 Å². The van der Waals surface area contributed by atoms with Crippen LogP contribution in [0.5, 0.6) is 0 Å². The Morgan fingerprint density at radius 2 is 2.15 bits per heavy atom. The Hall–Kier alpha value is -1.73. The Balaban J connectivity index is 1.92. The van der Waals surface area contributed by atoms with Gasteiger partial charge in [0.1, 0.15) is 5.01 Å². The summed E-state index contributed by atoms with van der Waals surface area (Å²) in [6.45, 7) is 3.06. The van der Waals surface area contributed by atoms with Crippen molar-refractivity contribution in [2.45, 2.75) is 20.0 Å². The molecule has 0 aromatic carbocycles. The average Bonchev–Trinajstić information content (AvgIpc) is 3.04. The molecule has 0 N–H and O–H groups in total. The van der Waals surface area contributed by atoms with Gasteiger partial charge in [-0.25, -0.2) is 14.6 Å². The van der Waals surface area contributed by atoms with E-state index in [4.69, 9.17) is 9.47 Å². The molecular formula is C13H13NO4S2. The van der Waals surface area contributed by atoms with Crippen molar-refractivity contribution in [1.82, 2.24) is 4.98 Å². The lowest BCUT2D eigenvalue weighted by atomic mass is 10.3. The predicted octanol–water partition coefficient (Wildman–Crippen LogP) is 2.98. The third kappa shape index (κ3) is 3.88. The first-order valence-electron chi connectivity index (χ1n) is 5.91. The van der Waals surface area contributed by atoms with Crippen LogP contribution in [0.3, 0.4) is 0 Å². The molecule has 0 aliphatic heterocycles. The summed E-state index contributed by atoms with van der Waals surface area (Å²) >= 11 is 2.92. The molecule has 0 bridgehead atoms. The number of ether oxygens (including phenoxy) is 2. The van der Waals surface area contributed by atoms with E-state index in [1.165, 1.54) is 11.3 Å². The molecular weight excluding hydrogens is 298 g/mol. The molecule has 0 spiro atoms. The van der Waals surface area contributed by atoms with Crippen LogP contribution in [0.25, 0.3) is 10.6 Å². The lowest BCUT2D eigenvalue weighted by molar-refractivity contribution is -0.150. The number of thiophene rings is 1. The molecule has 0 unspecified atom stereocenters. The van der Waals surface area contributed by atoms with Crippen molar-refractivity contribution in [3.05, 3.63) is 27.9 Å². The maximum absolute atomic E-state index is 11.7. The van der Waals surface area contributed by atoms with E-state index in [0.717, 1.165) is 10.6 Å². The Morgan fingerprint density at radius 1 is 1.35 bits per heavy atom. The molecule has 2 heterocycles. The lowest BCUT2D eigenvalue weighted by Gasteiger charge is -2.07. The minimum atomic E-state index is -0.622. The van der Waals surface area contributed by atoms with Gasteiger partial charge in [0.05, 0.1) is 6.10 Å². The predicted molar refractivity (Wildman–Crippen MR) is 76.9 cm³/mol. The first kappa shape index (κ1) is 14.7. The minimum absolute atomic E-state index is 0.202. The van der Waals surface area contributed by atoms with Crippen LogP contribution in [0, 0.1) is 0 Å². The van der Waals surface area contributed by atoms with E-state index < -0.39 is 18.5 Å². The fourth-order valence-electron chi connectivity index (χ4n) is 1.38. The maximum atomic E-state index is 11.7. The molecule has 2 aromatic rings. The van der Waals surface area contributed by atoms with Crippen LogP contribution in [0.1, 0.15) is 24.3 Å². The van der Waals surface area contributed by atoms with Crippen molar-refractivity contribution in [2.75, 3.05) is 6.61 Å². The number of rotatable bonds is 5. The first-order chi connectivity index (χ1) is 9.56. The molecule has 0 radical (unpaired) electrons. The number of carbonyl (C=O) groups is 2. The number of hydrogen-bond acceptors (Lipinski definition) is 7. The van der Waals surface area contributed by atoms with Crippen LogP contribution in [0.2, 0.25) is 0 Å². The van der Waals surface area contributed by atoms with E-state index in [1.807, 2.05) is 16.8 Å². The van der Waals surface area contributed by atoms with Gasteiger partial charge in [-0.1, -0.05) is 0 Å². The minimum Gasteiger partial charge on any atom is -0.460 e. The van der Waals surface area contributed by atoms with E-state index in [-0.39, 0.29) is 11.8 Å². The Bertz CT molecular complexity index is 589. The Labute approximate surface area is 124 Å². The lowest BCUT2D eigenvalue weighted by Crippen LogP contribution is -2.19. The van der Waals surface area contributed by atoms with Gasteiger partial charge >= 0.3 is 11.9 Å². The van der Waals surface area contributed by atoms with Gasteiger partial charge in [0.2, 0.25) is 0 Å². The third-order valence-electron chi connectivity index (χ3n) is 2.17. The van der Waals surface area contributed by atoms with Crippen LogP contribution in [-0.2, 0) is 14.3 Å². The fourth-order valence-corrected chi connectivity index (χ4v) is 2.88. The second-order valence-electron chi connectivity index (χ2n) is 4.16. The summed E-state index contributed by atoms with van der Waals surface area (Å²) in [6, 6.07) is 1.93. The highest BCUT2D eigenvalue weighted by Crippen LogP contribution is 2.25. The smallest absolute Gasteiger partial charge is 0.358 e. The van der Waals surface area contributed by atoms with Crippen LogP contribution >= 0.6 is 22.7 Å². The largest absolute Gasteiger partial charge is 0.460 e. The number of hydrogen-bond donors (Lipinski definition) is 0. The monoisotopic (exact) mass is 311 g/mol. The zero-order valence-electron chi connectivity index (χ0n) is 11.0. The van der Waals surface area contributed by atoms with Gasteiger partial charge in [-0.3, -0.25) is 0 Å². The molecule has 106 valence electrons. The van der Waals surface area contributed by atoms with Gasteiger partial charge in [-0.15, -0.1) is 11.3 Å². The van der Waals surface area contributed by atoms with Gasteiger partial charge in [-0.05, 0) is 25.3 Å². The van der Waals surface area contributed by atoms with Crippen molar-refractivity contribution in [2.24, 2.45) is 0 Å². The van der Waals surface area contributed by atoms with Crippen molar-refractivity contribution >= 4 is 34.6 Å². The molecule has 20 heavy (non-hydrogen) atoms. The summed E-state index contributed by atoms with van der Waals surface area (Å²) in [6.07, 6.45) is -0.231. The maximum Gasteiger partial charge on any atom is 0.358 e. The zero-order valence-corrected chi connectivity index (χ0v) is 12.6. The van der Waals surface area contributed by atoms with Crippen LogP contribution in [0.4, 0.5) is 0 Å². The quantitative estimate of drug-likeness (QED) is 0.794. The molecule has 0 aliphatic rings. The van der Waals surface area contributed by atoms with E-state index >= 15 is 0 Å². The second kappa shape index (κ2) is 6.62. The van der Waals surface area contributed by atoms with Gasteiger partial charge in [-0.2, -0.15) is 11.3 Å². The number of nitrogens with zero attached hydrogens (tertiary/aromatic N) is 1. The molecule has 0 amide bonds. The standard InChI is InChI=1S/C13H13NO4S2/c1-8(2)18-11(15)5-17-13(16)10-7-20-12(14-10)9-3-4-19-6-9/h3-4,6-8H,5H2,1-2H3. The zero-order chi connectivity index (χ0) is 14.5. The van der Waals surface area contributed by atoms with Crippen molar-refractivity contribution in [3.8, 4) is 10.6 Å². The highest BCUT2D eigenvalue weighted by molar-refractivity contribution is 7.14. The molecule has 0 atom stereocenters. The van der Waals surface area contributed by atoms with Crippen LogP contribution < -0.4 is 0 Å². The van der Waals surface area contributed by atoms with E-state index in [2.05, 4.69) is 4.98 Å². The number of thiazole rings is 1. The summed E-state index contributed by atoms with van der Waals surface area (Å²) in [5.41, 5.74) is 1.17. The van der Waals surface area contributed by atoms with Crippen LogP contribution in [-0.4, -0.2) is 29.6 Å². The summed E-state index contributed by atoms with van der Waals surface area (Å²) < 4.78 is 9.72. The normalized spacial score (nSPS) is 10.6. The third-order valence-corrected chi connectivity index (χ3v) is 3.74. The molecule has 0 saturated carbocycles. The fraction of sp³-hybridized carbons (Fsp3) is 0.308. The molecule has 0 fully saturated rings. The van der Waals surface area contributed by atoms with Gasteiger partial charge in [0, 0.05) is 16.3 Å². The van der Waals surface area contributed by atoms with Gasteiger partial charge < -0.3 is 9.47 Å². The Morgan fingerprint density at radius 3 is 2.80 bits per heavy atom. The number of carbonyl (C=O) groups excluding carboxylic acids is 2. The van der Waals surface area contributed by atoms with Crippen molar-refractivity contribution in [1.29, 1.82) is 0 Å². The number of esters is 2. The Kier molecular flexibility index (Phi) is 4.86. The summed E-state index contributed by atoms with van der Waals surface area (Å²) in [4.78, 5) is 27.2.